The van der Waals surface area contributed by atoms with Crippen molar-refractivity contribution in [2.75, 3.05) is 52.4 Å². The van der Waals surface area contributed by atoms with E-state index in [2.05, 4.69) is 48.1 Å². The lowest BCUT2D eigenvalue weighted by Gasteiger charge is -2.33. The number of aliphatic hydroxyl groups is 2. The largest absolute Gasteiger partial charge is 0.480 e. The van der Waals surface area contributed by atoms with Crippen LogP contribution in [-0.2, 0) is 59.2 Å². The number of carboxylic acid groups (broad SMARTS) is 1. The van der Waals surface area contributed by atoms with Crippen molar-refractivity contribution in [3.63, 3.8) is 0 Å². The molecule has 10 atom stereocenters. The molecular formula is C61H95N15O14. The number of carbonyl (C=O) groups is 11. The topological polar surface area (TPSA) is 459 Å². The molecule has 5 rings (SSSR count). The second-order valence-corrected chi connectivity index (χ2v) is 23.7. The number of benzene rings is 1. The molecule has 1 saturated carbocycles. The van der Waals surface area contributed by atoms with E-state index in [9.17, 15) is 68.1 Å². The number of guanidine groups is 1. The molecule has 29 heteroatoms. The van der Waals surface area contributed by atoms with Gasteiger partial charge >= 0.3 is 5.97 Å². The van der Waals surface area contributed by atoms with Crippen LogP contribution in [0.5, 0.6) is 0 Å². The van der Waals surface area contributed by atoms with Crippen molar-refractivity contribution in [3.05, 3.63) is 35.9 Å². The van der Waals surface area contributed by atoms with Gasteiger partial charge in [-0.1, -0.05) is 68.9 Å². The minimum absolute atomic E-state index is 0.00675. The van der Waals surface area contributed by atoms with Gasteiger partial charge in [0.05, 0.1) is 25.3 Å². The zero-order chi connectivity index (χ0) is 65.7. The summed E-state index contributed by atoms with van der Waals surface area (Å²) in [6, 6.07) is -2.21. The van der Waals surface area contributed by atoms with Gasteiger partial charge in [0.25, 0.3) is 0 Å². The molecule has 498 valence electrons. The van der Waals surface area contributed by atoms with Crippen LogP contribution in [0.3, 0.4) is 0 Å². The average molecular weight is 1260 g/mol. The Balaban J connectivity index is 1.21. The summed E-state index contributed by atoms with van der Waals surface area (Å²) in [5, 5.41) is 50.2. The first kappa shape index (κ1) is 72.8. The summed E-state index contributed by atoms with van der Waals surface area (Å²) in [5.74, 6) is -5.84. The Morgan fingerprint density at radius 1 is 0.644 bits per heavy atom. The third-order valence-electron chi connectivity index (χ3n) is 16.9. The molecule has 2 unspecified atom stereocenters. The normalized spacial score (nSPS) is 20.2. The van der Waals surface area contributed by atoms with Crippen molar-refractivity contribution >= 4 is 71.0 Å². The molecule has 1 aliphatic carbocycles. The van der Waals surface area contributed by atoms with Crippen LogP contribution in [0.2, 0.25) is 0 Å². The molecular weight excluding hydrogens is 1170 g/mol. The quantitative estimate of drug-likeness (QED) is 0.0138. The molecule has 90 heavy (non-hydrogen) atoms. The third kappa shape index (κ3) is 22.8. The van der Waals surface area contributed by atoms with Crippen molar-refractivity contribution in [3.8, 4) is 12.3 Å². The second kappa shape index (κ2) is 37.9. The number of terminal acetylenes is 1. The van der Waals surface area contributed by atoms with E-state index in [1.54, 1.807) is 30.3 Å². The molecule has 4 fully saturated rings. The number of aliphatic carboxylic acids is 1. The van der Waals surface area contributed by atoms with Crippen LogP contribution in [0.1, 0.15) is 140 Å². The van der Waals surface area contributed by atoms with E-state index in [0.717, 1.165) is 37.0 Å². The van der Waals surface area contributed by atoms with Gasteiger partial charge in [0.15, 0.2) is 5.96 Å². The fourth-order valence-corrected chi connectivity index (χ4v) is 12.0. The van der Waals surface area contributed by atoms with Crippen LogP contribution in [0.4, 0.5) is 0 Å². The number of carboxylic acids is 1. The van der Waals surface area contributed by atoms with E-state index in [1.807, 2.05) is 0 Å². The Hall–Kier alpha value is -7.94. The lowest BCUT2D eigenvalue weighted by molar-refractivity contribution is -0.149. The first-order valence-corrected chi connectivity index (χ1v) is 31.6. The van der Waals surface area contributed by atoms with Gasteiger partial charge < -0.3 is 90.2 Å². The third-order valence-corrected chi connectivity index (χ3v) is 16.9. The number of nitrogens with zero attached hydrogens (tertiary/aromatic N) is 4. The van der Waals surface area contributed by atoms with Crippen LogP contribution < -0.4 is 60.2 Å². The number of nitrogens with one attached hydrogen (secondary N) is 7. The Bertz CT molecular complexity index is 2670. The fraction of sp³-hybridized carbons (Fsp3) is 0.672. The van der Waals surface area contributed by atoms with E-state index < -0.39 is 133 Å². The Labute approximate surface area is 525 Å². The maximum Gasteiger partial charge on any atom is 0.326 e. The van der Waals surface area contributed by atoms with Crippen molar-refractivity contribution in [2.45, 2.75) is 202 Å². The number of unbranched alkanes of at least 4 members (excludes halogenated alkanes) is 3. The first-order chi connectivity index (χ1) is 43.2. The van der Waals surface area contributed by atoms with Crippen LogP contribution in [0.15, 0.2) is 35.3 Å². The van der Waals surface area contributed by atoms with Crippen LogP contribution >= 0.6 is 0 Å². The van der Waals surface area contributed by atoms with Gasteiger partial charge in [0.2, 0.25) is 59.1 Å². The van der Waals surface area contributed by atoms with Crippen molar-refractivity contribution < 1.29 is 68.1 Å². The van der Waals surface area contributed by atoms with Gasteiger partial charge in [-0.3, -0.25) is 52.9 Å². The van der Waals surface area contributed by atoms with Gasteiger partial charge in [0.1, 0.15) is 48.3 Å². The van der Waals surface area contributed by atoms with E-state index in [0.29, 0.717) is 63.6 Å². The summed E-state index contributed by atoms with van der Waals surface area (Å²) in [5.41, 5.74) is 23.3. The van der Waals surface area contributed by atoms with E-state index in [4.69, 9.17) is 29.4 Å². The van der Waals surface area contributed by atoms with Gasteiger partial charge in [-0.05, 0) is 101 Å². The molecule has 4 aliphatic rings. The maximum atomic E-state index is 14.7. The summed E-state index contributed by atoms with van der Waals surface area (Å²) in [6.45, 7) is -0.711. The molecule has 0 bridgehead atoms. The summed E-state index contributed by atoms with van der Waals surface area (Å²) in [4.78, 5) is 158. The summed E-state index contributed by atoms with van der Waals surface area (Å²) in [7, 11) is 0. The summed E-state index contributed by atoms with van der Waals surface area (Å²) < 4.78 is 0. The lowest BCUT2D eigenvalue weighted by Crippen LogP contribution is -2.59. The highest BCUT2D eigenvalue weighted by Crippen LogP contribution is 2.29. The standard InChI is InChI=1S/C61H95N15O14/c1-2-17-40(63)52(81)66-29-13-5-10-26-49(79)69-41(22-11-12-28-62)53(82)71-42(23-14-30-67-61(64)65)57(86)75-32-16-25-47(75)59(88)76-33-27-48(78)51(76)56(85)68-36-50(80)70-43(34-38-18-6-3-7-19-38)54(83)73-45(37-77)58(87)74-31-15-24-46(74)55(84)72-44(60(89)90)35-39-20-8-4-9-21-39/h1,4,8-9,20-21,38,40-48,51,77-78H,3,5-7,10-19,22-37,62-63H2,(H,66,81)(H,68,85)(H,69,79)(H,70,80)(H,71,82)(H,72,84)(H,73,83)(H,89,90)(H4,64,65,67)/t40?,41-,42-,43-,44+,45-,46-,47-,48?,51-/m0/s1. The fourth-order valence-electron chi connectivity index (χ4n) is 12.0. The highest BCUT2D eigenvalue weighted by molar-refractivity contribution is 5.98. The summed E-state index contributed by atoms with van der Waals surface area (Å²) in [6.07, 6.45) is 12.6. The predicted octanol–water partition coefficient (Wildman–Crippen LogP) is -3.03. The van der Waals surface area contributed by atoms with Crippen molar-refractivity contribution in [1.29, 1.82) is 0 Å². The van der Waals surface area contributed by atoms with Crippen LogP contribution in [0, 0.1) is 18.3 Å². The number of hydrogen-bond acceptors (Lipinski definition) is 16. The number of nitrogens with two attached hydrogens (primary N) is 4. The molecule has 29 nitrogen and oxygen atoms in total. The Morgan fingerprint density at radius 3 is 1.96 bits per heavy atom. The van der Waals surface area contributed by atoms with Crippen LogP contribution in [-0.4, -0.2) is 214 Å². The molecule has 1 aromatic carbocycles. The monoisotopic (exact) mass is 1260 g/mol. The van der Waals surface area contributed by atoms with Crippen molar-refractivity contribution in [1.82, 2.24) is 51.9 Å². The highest BCUT2D eigenvalue weighted by atomic mass is 16.4. The molecule has 3 aliphatic heterocycles. The second-order valence-electron chi connectivity index (χ2n) is 23.7. The molecule has 0 spiro atoms. The number of rotatable bonds is 36. The Kier molecular flexibility index (Phi) is 30.7. The average Bonchev–Trinajstić information content (AvgIpc) is 2.67. The molecule has 10 amide bonds. The zero-order valence-corrected chi connectivity index (χ0v) is 51.5. The van der Waals surface area contributed by atoms with E-state index in [-0.39, 0.29) is 108 Å². The number of aliphatic hydroxyl groups excluding tert-OH is 2. The van der Waals surface area contributed by atoms with Crippen molar-refractivity contribution in [2.24, 2.45) is 33.8 Å². The predicted molar refractivity (Wildman–Crippen MR) is 330 cm³/mol. The molecule has 3 heterocycles. The minimum atomic E-state index is -1.55. The SMILES string of the molecule is C#CCC(N)C(=O)NCCCCCC(=O)N[C@@H](CCCCN)C(=O)N[C@@H](CCCN=C(N)N)C(=O)N1CCC[C@H]1C(=O)N1CCC(O)[C@H]1C(=O)NCC(=O)N[C@@H](CC1CCCCC1)C(=O)N[C@@H](CO)C(=O)N1CCC[C@H]1C(=O)N[C@H](Cc1ccccc1)C(=O)O. The van der Waals surface area contributed by atoms with Gasteiger partial charge in [-0.2, -0.15) is 0 Å². The number of likely N-dealkylation sites (tertiary alicyclic amines) is 3. The number of hydrogen-bond donors (Lipinski definition) is 14. The minimum Gasteiger partial charge on any atom is -0.480 e. The number of amides is 10. The van der Waals surface area contributed by atoms with Gasteiger partial charge in [-0.15, -0.1) is 12.3 Å². The smallest absolute Gasteiger partial charge is 0.326 e. The number of carbonyl (C=O) groups excluding carboxylic acids is 10. The van der Waals surface area contributed by atoms with Crippen LogP contribution in [0.25, 0.3) is 0 Å². The zero-order valence-electron chi connectivity index (χ0n) is 51.5. The highest BCUT2D eigenvalue weighted by Gasteiger charge is 2.47. The molecule has 1 aromatic rings. The van der Waals surface area contributed by atoms with E-state index in [1.165, 1.54) is 9.80 Å². The van der Waals surface area contributed by atoms with Gasteiger partial charge in [-0.25, -0.2) is 4.79 Å². The molecule has 18 N–H and O–H groups in total. The maximum absolute atomic E-state index is 14.7. The van der Waals surface area contributed by atoms with Gasteiger partial charge in [0, 0.05) is 52.0 Å². The molecule has 3 saturated heterocycles. The molecule has 0 aromatic heterocycles. The lowest BCUT2D eigenvalue weighted by atomic mass is 9.84. The summed E-state index contributed by atoms with van der Waals surface area (Å²) >= 11 is 0. The van der Waals surface area contributed by atoms with E-state index >= 15 is 0 Å². The Morgan fingerprint density at radius 2 is 1.29 bits per heavy atom. The first-order valence-electron chi connectivity index (χ1n) is 31.6. The molecule has 0 radical (unpaired) electrons. The number of aliphatic imine (C=N–C) groups is 1.